The maximum Gasteiger partial charge on any atom is 0.433 e. The SMILES string of the molecule is CN(C(=O)c1ccc(C(F)(F)F)nc1)C1CN(c2ccc3nnc(C(C)(C)C)n3n2)C1. The van der Waals surface area contributed by atoms with Crippen LogP contribution in [-0.2, 0) is 11.6 Å². The second-order valence-corrected chi connectivity index (χ2v) is 8.64. The number of pyridine rings is 1. The molecule has 0 spiro atoms. The average Bonchev–Trinajstić information content (AvgIpc) is 3.09. The van der Waals surface area contributed by atoms with Gasteiger partial charge in [-0.25, -0.2) is 0 Å². The molecule has 164 valence electrons. The summed E-state index contributed by atoms with van der Waals surface area (Å²) in [7, 11) is 1.64. The highest BCUT2D eigenvalue weighted by molar-refractivity contribution is 5.94. The van der Waals surface area contributed by atoms with Crippen LogP contribution < -0.4 is 4.90 Å². The number of nitrogens with zero attached hydrogens (tertiary/aromatic N) is 7. The molecule has 0 saturated carbocycles. The first kappa shape index (κ1) is 21.0. The van der Waals surface area contributed by atoms with E-state index in [2.05, 4.69) is 20.3 Å². The number of likely N-dealkylation sites (N-methyl/N-ethyl adjacent to an activating group) is 1. The molecule has 1 amide bonds. The third kappa shape index (κ3) is 3.91. The number of aromatic nitrogens is 5. The molecule has 31 heavy (non-hydrogen) atoms. The molecule has 4 rings (SSSR count). The molecule has 0 aromatic carbocycles. The predicted octanol–water partition coefficient (Wildman–Crippen LogP) is 2.80. The highest BCUT2D eigenvalue weighted by atomic mass is 19.4. The minimum absolute atomic E-state index is 0.0877. The maximum atomic E-state index is 12.7. The van der Waals surface area contributed by atoms with Crippen molar-refractivity contribution in [2.75, 3.05) is 25.0 Å². The minimum Gasteiger partial charge on any atom is -0.351 e. The van der Waals surface area contributed by atoms with Gasteiger partial charge >= 0.3 is 6.18 Å². The molecule has 8 nitrogen and oxygen atoms in total. The molecule has 0 aliphatic carbocycles. The Kier molecular flexibility index (Phi) is 4.86. The van der Waals surface area contributed by atoms with E-state index in [-0.39, 0.29) is 22.9 Å². The van der Waals surface area contributed by atoms with Crippen LogP contribution in [0.5, 0.6) is 0 Å². The van der Waals surface area contributed by atoms with Crippen molar-refractivity contribution in [3.05, 3.63) is 47.5 Å². The normalized spacial score (nSPS) is 15.3. The molecule has 1 aliphatic rings. The largest absolute Gasteiger partial charge is 0.433 e. The molecule has 3 aromatic rings. The van der Waals surface area contributed by atoms with Crippen molar-refractivity contribution in [2.45, 2.75) is 38.4 Å². The van der Waals surface area contributed by atoms with E-state index in [1.807, 2.05) is 37.8 Å². The van der Waals surface area contributed by atoms with Gasteiger partial charge in [-0.1, -0.05) is 20.8 Å². The lowest BCUT2D eigenvalue weighted by Gasteiger charge is -2.44. The van der Waals surface area contributed by atoms with Crippen molar-refractivity contribution >= 4 is 17.4 Å². The van der Waals surface area contributed by atoms with Crippen LogP contribution in [0.3, 0.4) is 0 Å². The number of carbonyl (C=O) groups excluding carboxylic acids is 1. The average molecular weight is 433 g/mol. The zero-order valence-corrected chi connectivity index (χ0v) is 17.6. The summed E-state index contributed by atoms with van der Waals surface area (Å²) in [5, 5.41) is 13.0. The number of halogens is 3. The molecule has 11 heteroatoms. The molecule has 4 heterocycles. The van der Waals surface area contributed by atoms with Gasteiger partial charge in [0.25, 0.3) is 5.91 Å². The third-order valence-corrected chi connectivity index (χ3v) is 5.27. The van der Waals surface area contributed by atoms with Crippen molar-refractivity contribution < 1.29 is 18.0 Å². The van der Waals surface area contributed by atoms with E-state index in [1.54, 1.807) is 11.6 Å². The van der Waals surface area contributed by atoms with Gasteiger partial charge in [0, 0.05) is 31.7 Å². The summed E-state index contributed by atoms with van der Waals surface area (Å²) in [5.41, 5.74) is -0.461. The van der Waals surface area contributed by atoms with Gasteiger partial charge in [-0.3, -0.25) is 9.78 Å². The fourth-order valence-electron chi connectivity index (χ4n) is 3.36. The summed E-state index contributed by atoms with van der Waals surface area (Å²) in [6.45, 7) is 7.22. The van der Waals surface area contributed by atoms with Crippen molar-refractivity contribution in [3.8, 4) is 0 Å². The number of hydrogen-bond acceptors (Lipinski definition) is 6. The molecule has 0 radical (unpaired) electrons. The number of fused-ring (bicyclic) bond motifs is 1. The van der Waals surface area contributed by atoms with E-state index in [1.165, 1.54) is 4.90 Å². The molecule has 3 aromatic heterocycles. The molecular formula is C20H22F3N7O. The summed E-state index contributed by atoms with van der Waals surface area (Å²) in [6.07, 6.45) is -3.57. The number of alkyl halides is 3. The number of hydrogen-bond donors (Lipinski definition) is 0. The fourth-order valence-corrected chi connectivity index (χ4v) is 3.36. The molecule has 1 saturated heterocycles. The Hall–Kier alpha value is -3.24. The molecule has 0 N–H and O–H groups in total. The van der Waals surface area contributed by atoms with E-state index < -0.39 is 11.9 Å². The molecule has 1 aliphatic heterocycles. The Balaban J connectivity index is 1.44. The highest BCUT2D eigenvalue weighted by Gasteiger charge is 2.35. The zero-order valence-electron chi connectivity index (χ0n) is 17.6. The van der Waals surface area contributed by atoms with Gasteiger partial charge < -0.3 is 9.80 Å². The highest BCUT2D eigenvalue weighted by Crippen LogP contribution is 2.28. The second kappa shape index (κ2) is 7.17. The number of rotatable bonds is 3. The number of amides is 1. The van der Waals surface area contributed by atoms with Gasteiger partial charge in [0.2, 0.25) is 0 Å². The smallest absolute Gasteiger partial charge is 0.351 e. The first-order valence-corrected chi connectivity index (χ1v) is 9.73. The summed E-state index contributed by atoms with van der Waals surface area (Å²) in [6, 6.07) is 5.59. The monoisotopic (exact) mass is 433 g/mol. The molecular weight excluding hydrogens is 411 g/mol. The molecule has 0 bridgehead atoms. The van der Waals surface area contributed by atoms with Crippen LogP contribution in [0.15, 0.2) is 30.5 Å². The summed E-state index contributed by atoms with van der Waals surface area (Å²) in [4.78, 5) is 19.5. The lowest BCUT2D eigenvalue weighted by Crippen LogP contribution is -2.60. The Morgan fingerprint density at radius 3 is 2.39 bits per heavy atom. The van der Waals surface area contributed by atoms with E-state index in [4.69, 9.17) is 0 Å². The molecule has 0 unspecified atom stereocenters. The lowest BCUT2D eigenvalue weighted by molar-refractivity contribution is -0.141. The van der Waals surface area contributed by atoms with Crippen LogP contribution in [0.25, 0.3) is 5.65 Å². The van der Waals surface area contributed by atoms with E-state index >= 15 is 0 Å². The predicted molar refractivity (Wildman–Crippen MR) is 107 cm³/mol. The van der Waals surface area contributed by atoms with Crippen LogP contribution in [0.2, 0.25) is 0 Å². The Morgan fingerprint density at radius 1 is 1.10 bits per heavy atom. The minimum atomic E-state index is -4.53. The number of carbonyl (C=O) groups is 1. The van der Waals surface area contributed by atoms with Crippen LogP contribution in [0.4, 0.5) is 19.0 Å². The van der Waals surface area contributed by atoms with Crippen molar-refractivity contribution in [2.24, 2.45) is 0 Å². The zero-order chi connectivity index (χ0) is 22.6. The van der Waals surface area contributed by atoms with Crippen LogP contribution in [0.1, 0.15) is 42.6 Å². The standard InChI is InChI=1S/C20H22F3N7O/c1-19(2,3)18-26-25-15-7-8-16(27-30(15)18)29-10-13(11-29)28(4)17(31)12-5-6-14(24-9-12)20(21,22)23/h5-9,13H,10-11H2,1-4H3. The van der Waals surface area contributed by atoms with Gasteiger partial charge in [0.15, 0.2) is 11.5 Å². The summed E-state index contributed by atoms with van der Waals surface area (Å²) in [5.74, 6) is 1.12. The van der Waals surface area contributed by atoms with Crippen LogP contribution >= 0.6 is 0 Å². The third-order valence-electron chi connectivity index (χ3n) is 5.27. The van der Waals surface area contributed by atoms with Crippen LogP contribution in [-0.4, -0.2) is 61.8 Å². The Labute approximate surface area is 176 Å². The van der Waals surface area contributed by atoms with Gasteiger partial charge in [0.1, 0.15) is 11.5 Å². The fraction of sp³-hybridized carbons (Fsp3) is 0.450. The second-order valence-electron chi connectivity index (χ2n) is 8.64. The quantitative estimate of drug-likeness (QED) is 0.632. The van der Waals surface area contributed by atoms with Crippen LogP contribution in [0, 0.1) is 0 Å². The molecule has 1 fully saturated rings. The van der Waals surface area contributed by atoms with Gasteiger partial charge in [-0.15, -0.1) is 15.3 Å². The number of anilines is 1. The van der Waals surface area contributed by atoms with Gasteiger partial charge in [0.05, 0.1) is 11.6 Å². The van der Waals surface area contributed by atoms with E-state index in [0.29, 0.717) is 18.7 Å². The first-order valence-electron chi connectivity index (χ1n) is 9.73. The maximum absolute atomic E-state index is 12.7. The Morgan fingerprint density at radius 2 is 1.81 bits per heavy atom. The first-order chi connectivity index (χ1) is 14.4. The van der Waals surface area contributed by atoms with Gasteiger partial charge in [-0.2, -0.15) is 17.7 Å². The van der Waals surface area contributed by atoms with Crippen molar-refractivity contribution in [1.29, 1.82) is 0 Å². The van der Waals surface area contributed by atoms with E-state index in [9.17, 15) is 18.0 Å². The van der Waals surface area contributed by atoms with Crippen molar-refractivity contribution in [1.82, 2.24) is 29.7 Å². The van der Waals surface area contributed by atoms with Gasteiger partial charge in [-0.05, 0) is 24.3 Å². The Bertz CT molecular complexity index is 1110. The summed E-state index contributed by atoms with van der Waals surface area (Å²) < 4.78 is 39.7. The molecule has 0 atom stereocenters. The van der Waals surface area contributed by atoms with Crippen molar-refractivity contribution in [3.63, 3.8) is 0 Å². The lowest BCUT2D eigenvalue weighted by atomic mass is 9.96. The van der Waals surface area contributed by atoms with E-state index in [0.717, 1.165) is 30.0 Å². The summed E-state index contributed by atoms with van der Waals surface area (Å²) >= 11 is 0. The topological polar surface area (TPSA) is 79.5 Å².